The molecule has 0 bridgehead atoms. The molecule has 144 valence electrons. The van der Waals surface area contributed by atoms with Gasteiger partial charge in [0.25, 0.3) is 0 Å². The summed E-state index contributed by atoms with van der Waals surface area (Å²) in [4.78, 5) is 19.8. The smallest absolute Gasteiger partial charge is 0.478 e. The van der Waals surface area contributed by atoms with Gasteiger partial charge in [-0.05, 0) is 24.1 Å². The number of aliphatic carboxylic acids is 1. The van der Waals surface area contributed by atoms with Crippen LogP contribution in [0, 0.1) is 5.92 Å². The lowest BCUT2D eigenvalue weighted by molar-refractivity contribution is -0.192. The van der Waals surface area contributed by atoms with Gasteiger partial charge in [-0.15, -0.1) is 6.58 Å². The normalized spacial score (nSPS) is 19.3. The van der Waals surface area contributed by atoms with Gasteiger partial charge in [0.2, 0.25) is 0 Å². The fourth-order valence-electron chi connectivity index (χ4n) is 2.35. The third-order valence-electron chi connectivity index (χ3n) is 3.65. The van der Waals surface area contributed by atoms with Crippen molar-refractivity contribution in [3.8, 4) is 0 Å². The number of benzene rings is 1. The number of carboxylic acid groups (broad SMARTS) is 2. The molecule has 1 aromatic carbocycles. The Kier molecular flexibility index (Phi) is 8.27. The van der Waals surface area contributed by atoms with E-state index in [-0.39, 0.29) is 6.10 Å². The Morgan fingerprint density at radius 1 is 1.35 bits per heavy atom. The van der Waals surface area contributed by atoms with Gasteiger partial charge in [-0.1, -0.05) is 18.2 Å². The molecule has 0 aromatic heterocycles. The molecule has 1 aliphatic heterocycles. The first kappa shape index (κ1) is 21.7. The van der Waals surface area contributed by atoms with Gasteiger partial charge in [-0.3, -0.25) is 0 Å². The zero-order valence-corrected chi connectivity index (χ0v) is 13.8. The molecule has 2 atom stereocenters. The standard InChI is InChI=1S/C15H19NO3.C2HF3O2/c1-2-14-13(6-7-19-14)10-16-9-11-4-3-5-12(8-11)15(17)18;3-2(4,5)1(6)7/h2-5,8,13-14,16H,1,6-7,9-10H2,(H,17,18);(H,6,7)/t13-,14-;/m0./s1. The van der Waals surface area contributed by atoms with Gasteiger partial charge in [-0.25, -0.2) is 9.59 Å². The van der Waals surface area contributed by atoms with Crippen molar-refractivity contribution in [1.29, 1.82) is 0 Å². The van der Waals surface area contributed by atoms with Crippen molar-refractivity contribution < 1.29 is 37.7 Å². The van der Waals surface area contributed by atoms with Crippen LogP contribution < -0.4 is 5.32 Å². The van der Waals surface area contributed by atoms with Gasteiger partial charge < -0.3 is 20.3 Å². The molecule has 1 fully saturated rings. The molecule has 0 spiro atoms. The highest BCUT2D eigenvalue weighted by Gasteiger charge is 2.38. The van der Waals surface area contributed by atoms with Crippen molar-refractivity contribution in [2.45, 2.75) is 25.2 Å². The molecule has 1 heterocycles. The molecule has 0 saturated carbocycles. The van der Waals surface area contributed by atoms with E-state index in [1.807, 2.05) is 12.1 Å². The maximum atomic E-state index is 10.9. The second-order valence-corrected chi connectivity index (χ2v) is 5.56. The molecule has 0 aliphatic carbocycles. The molecule has 26 heavy (non-hydrogen) atoms. The number of nitrogens with one attached hydrogen (secondary N) is 1. The summed E-state index contributed by atoms with van der Waals surface area (Å²) in [5.74, 6) is -3.19. The van der Waals surface area contributed by atoms with Gasteiger partial charge in [-0.2, -0.15) is 13.2 Å². The summed E-state index contributed by atoms with van der Waals surface area (Å²) < 4.78 is 37.3. The molecule has 1 aromatic rings. The van der Waals surface area contributed by atoms with Crippen LogP contribution in [0.3, 0.4) is 0 Å². The second kappa shape index (κ2) is 9.93. The van der Waals surface area contributed by atoms with Gasteiger partial charge in [0, 0.05) is 25.6 Å². The SMILES string of the molecule is C=C[C@@H]1OCC[C@H]1CNCc1cccc(C(=O)O)c1.O=C(O)C(F)(F)F. The molecule has 0 amide bonds. The van der Waals surface area contributed by atoms with Gasteiger partial charge >= 0.3 is 18.1 Å². The Bertz CT molecular complexity index is 633. The minimum Gasteiger partial charge on any atom is -0.478 e. The fraction of sp³-hybridized carbons (Fsp3) is 0.412. The largest absolute Gasteiger partial charge is 0.490 e. The summed E-state index contributed by atoms with van der Waals surface area (Å²) in [6.07, 6.45) is -2.05. The summed E-state index contributed by atoms with van der Waals surface area (Å²) in [5, 5.41) is 19.4. The van der Waals surface area contributed by atoms with Crippen LogP contribution >= 0.6 is 0 Å². The predicted octanol–water partition coefficient (Wildman–Crippen LogP) is 2.70. The van der Waals surface area contributed by atoms with Crippen molar-refractivity contribution in [2.24, 2.45) is 5.92 Å². The summed E-state index contributed by atoms with van der Waals surface area (Å²) in [6, 6.07) is 7.00. The first-order valence-electron chi connectivity index (χ1n) is 7.72. The fourth-order valence-corrected chi connectivity index (χ4v) is 2.35. The number of aromatic carboxylic acids is 1. The number of ether oxygens (including phenoxy) is 1. The third kappa shape index (κ3) is 7.24. The minimum atomic E-state index is -5.08. The Morgan fingerprint density at radius 3 is 2.54 bits per heavy atom. The number of halogens is 3. The monoisotopic (exact) mass is 375 g/mol. The Labute approximate surface area is 148 Å². The van der Waals surface area contributed by atoms with Crippen LogP contribution in [0.2, 0.25) is 0 Å². The van der Waals surface area contributed by atoms with E-state index in [1.54, 1.807) is 18.2 Å². The Balaban J connectivity index is 0.000000412. The molecular formula is C17H20F3NO5. The molecule has 6 nitrogen and oxygen atoms in total. The van der Waals surface area contributed by atoms with E-state index in [1.165, 1.54) is 0 Å². The molecule has 9 heteroatoms. The van der Waals surface area contributed by atoms with Crippen LogP contribution in [0.4, 0.5) is 13.2 Å². The maximum absolute atomic E-state index is 10.9. The van der Waals surface area contributed by atoms with Crippen LogP contribution in [-0.4, -0.2) is 47.6 Å². The van der Waals surface area contributed by atoms with Crippen molar-refractivity contribution >= 4 is 11.9 Å². The highest BCUT2D eigenvalue weighted by atomic mass is 19.4. The van der Waals surface area contributed by atoms with Crippen LogP contribution in [0.1, 0.15) is 22.3 Å². The highest BCUT2D eigenvalue weighted by Crippen LogP contribution is 2.20. The van der Waals surface area contributed by atoms with E-state index in [4.69, 9.17) is 19.7 Å². The van der Waals surface area contributed by atoms with Gasteiger partial charge in [0.15, 0.2) is 0 Å². The van der Waals surface area contributed by atoms with Crippen molar-refractivity contribution in [3.05, 3.63) is 48.0 Å². The van der Waals surface area contributed by atoms with Crippen LogP contribution in [-0.2, 0) is 16.1 Å². The zero-order valence-electron chi connectivity index (χ0n) is 13.8. The predicted molar refractivity (Wildman–Crippen MR) is 86.8 cm³/mol. The minimum absolute atomic E-state index is 0.137. The summed E-state index contributed by atoms with van der Waals surface area (Å²) in [7, 11) is 0. The van der Waals surface area contributed by atoms with Crippen LogP contribution in [0.25, 0.3) is 0 Å². The first-order valence-corrected chi connectivity index (χ1v) is 7.72. The average Bonchev–Trinajstić information content (AvgIpc) is 3.02. The third-order valence-corrected chi connectivity index (χ3v) is 3.65. The first-order chi connectivity index (χ1) is 12.1. The number of hydrogen-bond donors (Lipinski definition) is 3. The van der Waals surface area contributed by atoms with Crippen molar-refractivity contribution in [2.75, 3.05) is 13.2 Å². The van der Waals surface area contributed by atoms with Crippen molar-refractivity contribution in [3.63, 3.8) is 0 Å². The molecule has 0 unspecified atom stereocenters. The molecule has 1 aliphatic rings. The lowest BCUT2D eigenvalue weighted by atomic mass is 10.0. The number of carboxylic acids is 2. The molecule has 1 saturated heterocycles. The second-order valence-electron chi connectivity index (χ2n) is 5.56. The molecule has 3 N–H and O–H groups in total. The topological polar surface area (TPSA) is 95.9 Å². The van der Waals surface area contributed by atoms with Gasteiger partial charge in [0.05, 0.1) is 11.7 Å². The lowest BCUT2D eigenvalue weighted by Crippen LogP contribution is -2.27. The number of alkyl halides is 3. The molecule has 0 radical (unpaired) electrons. The summed E-state index contributed by atoms with van der Waals surface area (Å²) in [6.45, 7) is 6.08. The van der Waals surface area contributed by atoms with Crippen molar-refractivity contribution in [1.82, 2.24) is 5.32 Å². The summed E-state index contributed by atoms with van der Waals surface area (Å²) >= 11 is 0. The Hall–Kier alpha value is -2.39. The lowest BCUT2D eigenvalue weighted by Gasteiger charge is -2.15. The number of rotatable bonds is 6. The van der Waals surface area contributed by atoms with E-state index >= 15 is 0 Å². The Morgan fingerprint density at radius 2 is 2.00 bits per heavy atom. The van der Waals surface area contributed by atoms with E-state index in [0.717, 1.165) is 25.1 Å². The molecule has 2 rings (SSSR count). The zero-order chi connectivity index (χ0) is 19.7. The van der Waals surface area contributed by atoms with Crippen LogP contribution in [0.5, 0.6) is 0 Å². The summed E-state index contributed by atoms with van der Waals surface area (Å²) in [5.41, 5.74) is 1.31. The van der Waals surface area contributed by atoms with Crippen LogP contribution in [0.15, 0.2) is 36.9 Å². The number of hydrogen-bond acceptors (Lipinski definition) is 4. The van der Waals surface area contributed by atoms with E-state index in [9.17, 15) is 18.0 Å². The van der Waals surface area contributed by atoms with E-state index in [0.29, 0.717) is 18.0 Å². The maximum Gasteiger partial charge on any atom is 0.490 e. The van der Waals surface area contributed by atoms with E-state index in [2.05, 4.69) is 11.9 Å². The molecular weight excluding hydrogens is 355 g/mol. The quantitative estimate of drug-likeness (QED) is 0.662. The van der Waals surface area contributed by atoms with Gasteiger partial charge in [0.1, 0.15) is 0 Å². The highest BCUT2D eigenvalue weighted by molar-refractivity contribution is 5.87. The number of carbonyl (C=O) groups is 2. The van der Waals surface area contributed by atoms with E-state index < -0.39 is 18.1 Å². The average molecular weight is 375 g/mol.